The van der Waals surface area contributed by atoms with Gasteiger partial charge in [-0.25, -0.2) is 0 Å². The molecule has 1 saturated carbocycles. The lowest BCUT2D eigenvalue weighted by molar-refractivity contribution is -0.131. The van der Waals surface area contributed by atoms with E-state index in [1.807, 2.05) is 41.5 Å². The third-order valence-electron chi connectivity index (χ3n) is 5.70. The van der Waals surface area contributed by atoms with Crippen LogP contribution in [0.2, 0.25) is 0 Å². The van der Waals surface area contributed by atoms with Gasteiger partial charge in [-0.15, -0.1) is 10.2 Å². The molecule has 1 aliphatic rings. The SMILES string of the molecule is CC(Sc1nnc2n(C)c(=O)c3ccccc3n12)C(=O)N(C)C1CCCCC1. The molecule has 0 saturated heterocycles. The number of rotatable bonds is 4. The number of para-hydroxylation sites is 1. The number of nitrogens with zero attached hydrogens (tertiary/aromatic N) is 5. The van der Waals surface area contributed by atoms with Crippen molar-refractivity contribution < 1.29 is 4.79 Å². The van der Waals surface area contributed by atoms with Gasteiger partial charge in [0.2, 0.25) is 11.7 Å². The summed E-state index contributed by atoms with van der Waals surface area (Å²) in [5.41, 5.74) is 0.654. The Labute approximate surface area is 167 Å². The molecule has 1 amide bonds. The van der Waals surface area contributed by atoms with Gasteiger partial charge < -0.3 is 4.90 Å². The minimum absolute atomic E-state index is 0.104. The van der Waals surface area contributed by atoms with Crippen molar-refractivity contribution in [2.45, 2.75) is 55.5 Å². The standard InChI is InChI=1S/C20H25N5O2S/c1-13(17(26)23(2)14-9-5-4-6-10-14)28-20-22-21-19-24(3)18(27)15-11-7-8-12-16(15)25(19)20/h7-8,11-14H,4-6,9-10H2,1-3H3. The Kier molecular flexibility index (Phi) is 5.14. The Hall–Kier alpha value is -2.35. The number of benzene rings is 1. The quantitative estimate of drug-likeness (QED) is 0.631. The Morgan fingerprint density at radius 1 is 1.21 bits per heavy atom. The predicted molar refractivity (Wildman–Crippen MR) is 111 cm³/mol. The Morgan fingerprint density at radius 3 is 2.68 bits per heavy atom. The molecule has 28 heavy (non-hydrogen) atoms. The molecule has 2 heterocycles. The summed E-state index contributed by atoms with van der Waals surface area (Å²) in [6.07, 6.45) is 5.82. The van der Waals surface area contributed by atoms with Crippen molar-refractivity contribution in [3.8, 4) is 0 Å². The molecule has 8 heteroatoms. The summed E-state index contributed by atoms with van der Waals surface area (Å²) in [6.45, 7) is 1.91. The molecule has 1 aromatic carbocycles. The van der Waals surface area contributed by atoms with Crippen molar-refractivity contribution in [3.05, 3.63) is 34.6 Å². The molecule has 0 N–H and O–H groups in total. The van der Waals surface area contributed by atoms with Crippen LogP contribution in [0.4, 0.5) is 0 Å². The number of hydrogen-bond donors (Lipinski definition) is 0. The molecular weight excluding hydrogens is 374 g/mol. The van der Waals surface area contributed by atoms with E-state index in [9.17, 15) is 9.59 Å². The van der Waals surface area contributed by atoms with Gasteiger partial charge in [0.25, 0.3) is 5.56 Å². The van der Waals surface area contributed by atoms with Gasteiger partial charge in [-0.3, -0.25) is 18.6 Å². The van der Waals surface area contributed by atoms with Gasteiger partial charge in [0.05, 0.1) is 16.2 Å². The molecule has 7 nitrogen and oxygen atoms in total. The summed E-state index contributed by atoms with van der Waals surface area (Å²) >= 11 is 1.39. The summed E-state index contributed by atoms with van der Waals surface area (Å²) in [4.78, 5) is 27.5. The summed E-state index contributed by atoms with van der Waals surface area (Å²) < 4.78 is 3.37. The van der Waals surface area contributed by atoms with Crippen molar-refractivity contribution in [1.82, 2.24) is 24.1 Å². The van der Waals surface area contributed by atoms with E-state index in [4.69, 9.17) is 0 Å². The van der Waals surface area contributed by atoms with Crippen LogP contribution in [0.3, 0.4) is 0 Å². The lowest BCUT2D eigenvalue weighted by Crippen LogP contribution is -2.42. The molecule has 0 spiro atoms. The second kappa shape index (κ2) is 7.58. The van der Waals surface area contributed by atoms with Crippen molar-refractivity contribution in [3.63, 3.8) is 0 Å². The first-order valence-electron chi connectivity index (χ1n) is 9.75. The monoisotopic (exact) mass is 399 g/mol. The van der Waals surface area contributed by atoms with E-state index >= 15 is 0 Å². The number of carbonyl (C=O) groups is 1. The third kappa shape index (κ3) is 3.19. The Morgan fingerprint density at radius 2 is 1.93 bits per heavy atom. The summed E-state index contributed by atoms with van der Waals surface area (Å²) in [7, 11) is 3.61. The highest BCUT2D eigenvalue weighted by atomic mass is 32.2. The zero-order valence-corrected chi connectivity index (χ0v) is 17.3. The first kappa shape index (κ1) is 19.0. The fourth-order valence-electron chi connectivity index (χ4n) is 4.03. The first-order valence-corrected chi connectivity index (χ1v) is 10.6. The van der Waals surface area contributed by atoms with E-state index in [-0.39, 0.29) is 16.7 Å². The van der Waals surface area contributed by atoms with E-state index in [1.165, 1.54) is 35.6 Å². The molecule has 3 aromatic rings. The number of fused-ring (bicyclic) bond motifs is 3. The summed E-state index contributed by atoms with van der Waals surface area (Å²) in [5.74, 6) is 0.592. The molecule has 4 rings (SSSR count). The molecule has 0 radical (unpaired) electrons. The molecular formula is C20H25N5O2S. The average molecular weight is 400 g/mol. The zero-order chi connectivity index (χ0) is 19.8. The predicted octanol–water partition coefficient (Wildman–Crippen LogP) is 2.85. The van der Waals surface area contributed by atoms with Crippen LogP contribution < -0.4 is 5.56 Å². The highest BCUT2D eigenvalue weighted by molar-refractivity contribution is 8.00. The zero-order valence-electron chi connectivity index (χ0n) is 16.5. The van der Waals surface area contributed by atoms with Gasteiger partial charge in [0.15, 0.2) is 5.16 Å². The maximum absolute atomic E-state index is 13.0. The number of aromatic nitrogens is 4. The maximum Gasteiger partial charge on any atom is 0.262 e. The van der Waals surface area contributed by atoms with Gasteiger partial charge in [0, 0.05) is 20.1 Å². The third-order valence-corrected chi connectivity index (χ3v) is 6.73. The van der Waals surface area contributed by atoms with Gasteiger partial charge in [-0.1, -0.05) is 43.2 Å². The molecule has 1 fully saturated rings. The topological polar surface area (TPSA) is 72.5 Å². The molecule has 0 bridgehead atoms. The lowest BCUT2D eigenvalue weighted by atomic mass is 9.94. The number of amides is 1. The molecule has 1 atom stereocenters. The second-order valence-electron chi connectivity index (χ2n) is 7.50. The Balaban J connectivity index is 1.66. The second-order valence-corrected chi connectivity index (χ2v) is 8.81. The van der Waals surface area contributed by atoms with Gasteiger partial charge in [0.1, 0.15) is 0 Å². The highest BCUT2D eigenvalue weighted by Gasteiger charge is 2.27. The number of hydrogen-bond acceptors (Lipinski definition) is 5. The van der Waals surface area contributed by atoms with E-state index in [2.05, 4.69) is 10.2 Å². The van der Waals surface area contributed by atoms with Crippen molar-refractivity contribution in [1.29, 1.82) is 0 Å². The average Bonchev–Trinajstić information content (AvgIpc) is 3.15. The normalized spacial score (nSPS) is 16.5. The molecule has 148 valence electrons. The van der Waals surface area contributed by atoms with Crippen LogP contribution in [-0.2, 0) is 11.8 Å². The lowest BCUT2D eigenvalue weighted by Gasteiger charge is -2.32. The van der Waals surface area contributed by atoms with Gasteiger partial charge in [-0.2, -0.15) is 0 Å². The van der Waals surface area contributed by atoms with Crippen molar-refractivity contribution in [2.24, 2.45) is 7.05 Å². The van der Waals surface area contributed by atoms with Gasteiger partial charge in [-0.05, 0) is 31.9 Å². The van der Waals surface area contributed by atoms with Crippen LogP contribution in [0.5, 0.6) is 0 Å². The van der Waals surface area contributed by atoms with E-state index in [0.29, 0.717) is 22.4 Å². The molecule has 2 aromatic heterocycles. The smallest absolute Gasteiger partial charge is 0.262 e. The number of carbonyl (C=O) groups excluding carboxylic acids is 1. The fraction of sp³-hybridized carbons (Fsp3) is 0.500. The van der Waals surface area contributed by atoms with E-state index < -0.39 is 0 Å². The maximum atomic E-state index is 13.0. The van der Waals surface area contributed by atoms with Crippen molar-refractivity contribution in [2.75, 3.05) is 7.05 Å². The van der Waals surface area contributed by atoms with Crippen LogP contribution in [0.15, 0.2) is 34.2 Å². The fourth-order valence-corrected chi connectivity index (χ4v) is 4.99. The Bertz CT molecular complexity index is 1080. The highest BCUT2D eigenvalue weighted by Crippen LogP contribution is 2.28. The molecule has 0 aliphatic heterocycles. The minimum atomic E-state index is -0.282. The van der Waals surface area contributed by atoms with Crippen LogP contribution >= 0.6 is 11.8 Å². The first-order chi connectivity index (χ1) is 13.5. The van der Waals surface area contributed by atoms with Crippen molar-refractivity contribution >= 4 is 34.3 Å². The van der Waals surface area contributed by atoms with E-state index in [0.717, 1.165) is 18.4 Å². The molecule has 1 aliphatic carbocycles. The van der Waals surface area contributed by atoms with Crippen LogP contribution in [0.25, 0.3) is 16.7 Å². The van der Waals surface area contributed by atoms with Crippen LogP contribution in [0, 0.1) is 0 Å². The largest absolute Gasteiger partial charge is 0.342 e. The number of thioether (sulfide) groups is 1. The number of aryl methyl sites for hydroxylation is 1. The van der Waals surface area contributed by atoms with Crippen LogP contribution in [0.1, 0.15) is 39.0 Å². The summed E-state index contributed by atoms with van der Waals surface area (Å²) in [6, 6.07) is 7.76. The van der Waals surface area contributed by atoms with Gasteiger partial charge >= 0.3 is 0 Å². The summed E-state index contributed by atoms with van der Waals surface area (Å²) in [5, 5.41) is 9.44. The molecule has 1 unspecified atom stereocenters. The van der Waals surface area contributed by atoms with E-state index in [1.54, 1.807) is 13.1 Å². The van der Waals surface area contributed by atoms with Crippen LogP contribution in [-0.4, -0.2) is 48.3 Å². The minimum Gasteiger partial charge on any atom is -0.342 e.